The molecular formula is C55H50O. The molecule has 0 amide bonds. The molecule has 1 aliphatic rings. The van der Waals surface area contributed by atoms with Crippen molar-refractivity contribution in [2.75, 3.05) is 0 Å². The van der Waals surface area contributed by atoms with E-state index in [2.05, 4.69) is 191 Å². The van der Waals surface area contributed by atoms with E-state index in [0.717, 1.165) is 11.5 Å². The molecule has 0 bridgehead atoms. The normalized spacial score (nSPS) is 13.1. The Bertz CT molecular complexity index is 2670. The highest BCUT2D eigenvalue weighted by Gasteiger charge is 2.49. The predicted molar refractivity (Wildman–Crippen MR) is 238 cm³/mol. The van der Waals surface area contributed by atoms with Crippen LogP contribution in [0.2, 0.25) is 0 Å². The molecule has 0 spiro atoms. The molecule has 0 N–H and O–H groups in total. The Morgan fingerprint density at radius 2 is 0.625 bits per heavy atom. The number of rotatable bonds is 4. The van der Waals surface area contributed by atoms with E-state index in [4.69, 9.17) is 4.74 Å². The maximum Gasteiger partial charge on any atom is 0.133 e. The van der Waals surface area contributed by atoms with Crippen molar-refractivity contribution < 1.29 is 4.74 Å². The molecule has 0 saturated heterocycles. The minimum Gasteiger partial charge on any atom is -0.457 e. The van der Waals surface area contributed by atoms with Crippen LogP contribution in [0.5, 0.6) is 11.5 Å². The van der Waals surface area contributed by atoms with Crippen LogP contribution >= 0.6 is 0 Å². The molecule has 0 radical (unpaired) electrons. The molecule has 56 heavy (non-hydrogen) atoms. The van der Waals surface area contributed by atoms with Crippen LogP contribution in [0.3, 0.4) is 0 Å². The van der Waals surface area contributed by atoms with E-state index >= 15 is 0 Å². The Morgan fingerprint density at radius 3 is 0.964 bits per heavy atom. The Hall–Kier alpha value is -5.92. The van der Waals surface area contributed by atoms with Gasteiger partial charge in [-0.1, -0.05) is 109 Å². The average molecular weight is 727 g/mol. The molecule has 0 unspecified atom stereocenters. The number of hydrogen-bond donors (Lipinski definition) is 0. The molecule has 1 heterocycles. The van der Waals surface area contributed by atoms with Crippen LogP contribution < -0.4 is 4.74 Å². The van der Waals surface area contributed by atoms with Crippen molar-refractivity contribution in [1.82, 2.24) is 0 Å². The average Bonchev–Trinajstić information content (AvgIpc) is 3.22. The summed E-state index contributed by atoms with van der Waals surface area (Å²) in [6.45, 7) is 23.0. The van der Waals surface area contributed by atoms with Crippen LogP contribution in [0, 0.1) is 69.2 Å². The van der Waals surface area contributed by atoms with Gasteiger partial charge in [0.25, 0.3) is 0 Å². The monoisotopic (exact) mass is 726 g/mol. The lowest BCUT2D eigenvalue weighted by molar-refractivity contribution is 0.438. The number of hydrogen-bond acceptors (Lipinski definition) is 1. The van der Waals surface area contributed by atoms with Crippen molar-refractivity contribution in [2.45, 2.75) is 74.7 Å². The van der Waals surface area contributed by atoms with Gasteiger partial charge in [0, 0.05) is 11.1 Å². The Balaban J connectivity index is 1.54. The quantitative estimate of drug-likeness (QED) is 0.175. The number of benzene rings is 8. The van der Waals surface area contributed by atoms with Crippen LogP contribution in [-0.4, -0.2) is 0 Å². The lowest BCUT2D eigenvalue weighted by Crippen LogP contribution is -2.35. The molecule has 1 nitrogen and oxygen atoms in total. The molecule has 0 aromatic heterocycles. The van der Waals surface area contributed by atoms with Crippen LogP contribution in [0.1, 0.15) is 77.9 Å². The molecule has 0 saturated carbocycles. The van der Waals surface area contributed by atoms with Gasteiger partial charge in [0.15, 0.2) is 0 Å². The van der Waals surface area contributed by atoms with Gasteiger partial charge in [-0.25, -0.2) is 0 Å². The van der Waals surface area contributed by atoms with Gasteiger partial charge in [0.05, 0.1) is 5.41 Å². The number of aryl methyl sites for hydroxylation is 6. The largest absolute Gasteiger partial charge is 0.457 e. The minimum atomic E-state index is -0.733. The summed E-state index contributed by atoms with van der Waals surface area (Å²) in [5.74, 6) is 1.87. The molecule has 276 valence electrons. The van der Waals surface area contributed by atoms with E-state index in [9.17, 15) is 0 Å². The highest BCUT2D eigenvalue weighted by molar-refractivity contribution is 6.05. The summed E-state index contributed by atoms with van der Waals surface area (Å²) in [6, 6.07) is 45.0. The molecule has 0 atom stereocenters. The summed E-state index contributed by atoms with van der Waals surface area (Å²) in [4.78, 5) is 0. The van der Waals surface area contributed by atoms with Gasteiger partial charge in [0.2, 0.25) is 0 Å². The van der Waals surface area contributed by atoms with Crippen LogP contribution in [0.15, 0.2) is 121 Å². The first kappa shape index (κ1) is 35.8. The van der Waals surface area contributed by atoms with Crippen LogP contribution in [-0.2, 0) is 5.41 Å². The van der Waals surface area contributed by atoms with Crippen molar-refractivity contribution in [1.29, 1.82) is 0 Å². The van der Waals surface area contributed by atoms with E-state index in [1.165, 1.54) is 122 Å². The van der Waals surface area contributed by atoms with E-state index in [0.29, 0.717) is 0 Å². The molecule has 1 heteroatoms. The second-order valence-corrected chi connectivity index (χ2v) is 16.4. The fraction of sp³-hybridized carbons (Fsp3) is 0.200. The second-order valence-electron chi connectivity index (χ2n) is 16.4. The first-order valence-corrected chi connectivity index (χ1v) is 20.0. The molecule has 0 fully saturated rings. The Kier molecular flexibility index (Phi) is 8.36. The molecule has 9 rings (SSSR count). The smallest absolute Gasteiger partial charge is 0.133 e. The first-order valence-electron chi connectivity index (χ1n) is 20.0. The third-order valence-electron chi connectivity index (χ3n) is 13.7. The van der Waals surface area contributed by atoms with Crippen LogP contribution in [0.25, 0.3) is 43.8 Å². The van der Waals surface area contributed by atoms with Gasteiger partial charge < -0.3 is 4.74 Å². The lowest BCUT2D eigenvalue weighted by atomic mass is 9.60. The molecule has 1 aliphatic heterocycles. The van der Waals surface area contributed by atoms with Crippen molar-refractivity contribution >= 4 is 21.5 Å². The zero-order chi connectivity index (χ0) is 39.2. The lowest BCUT2D eigenvalue weighted by Gasteiger charge is -2.44. The zero-order valence-electron chi connectivity index (χ0n) is 34.5. The minimum absolute atomic E-state index is 0.733. The van der Waals surface area contributed by atoms with E-state index in [1.54, 1.807) is 0 Å². The topological polar surface area (TPSA) is 9.23 Å². The van der Waals surface area contributed by atoms with Crippen LogP contribution in [0.4, 0.5) is 0 Å². The Labute approximate surface area is 332 Å². The molecule has 8 aromatic rings. The fourth-order valence-corrected chi connectivity index (χ4v) is 10.1. The maximum atomic E-state index is 7.37. The summed E-state index contributed by atoms with van der Waals surface area (Å²) in [5, 5.41) is 5.27. The van der Waals surface area contributed by atoms with Crippen molar-refractivity contribution in [3.8, 4) is 33.8 Å². The van der Waals surface area contributed by atoms with Gasteiger partial charge >= 0.3 is 0 Å². The first-order chi connectivity index (χ1) is 26.9. The SMILES string of the molecule is Cc1c(C)c(C)c2c3c(cc(C)c2c1C)Oc1cc(C)c2c(C)c(C)c(C)c(C)c2c1C3(c1ccc(-c2ccccc2)cc1)c1ccc(-c2ccccc2)cc1. The summed E-state index contributed by atoms with van der Waals surface area (Å²) >= 11 is 0. The van der Waals surface area contributed by atoms with Gasteiger partial charge in [-0.2, -0.15) is 0 Å². The summed E-state index contributed by atoms with van der Waals surface area (Å²) in [5.41, 5.74) is 22.2. The van der Waals surface area contributed by atoms with Gasteiger partial charge in [-0.15, -0.1) is 0 Å². The van der Waals surface area contributed by atoms with E-state index in [-0.39, 0.29) is 0 Å². The highest BCUT2D eigenvalue weighted by Crippen LogP contribution is 2.61. The second kappa shape index (κ2) is 13.1. The van der Waals surface area contributed by atoms with E-state index < -0.39 is 5.41 Å². The Morgan fingerprint density at radius 1 is 0.321 bits per heavy atom. The van der Waals surface area contributed by atoms with Gasteiger partial charge in [0.1, 0.15) is 11.5 Å². The molecule has 0 aliphatic carbocycles. The maximum absolute atomic E-state index is 7.37. The zero-order valence-corrected chi connectivity index (χ0v) is 34.5. The summed E-state index contributed by atoms with van der Waals surface area (Å²) in [7, 11) is 0. The van der Waals surface area contributed by atoms with Gasteiger partial charge in [-0.3, -0.25) is 0 Å². The van der Waals surface area contributed by atoms with Gasteiger partial charge in [-0.05, 0) is 192 Å². The third-order valence-corrected chi connectivity index (χ3v) is 13.7. The van der Waals surface area contributed by atoms with Crippen molar-refractivity contribution in [3.05, 3.63) is 199 Å². The highest BCUT2D eigenvalue weighted by atomic mass is 16.5. The standard InChI is InChI=1S/C55H50O/c1-31-29-47-53(51-39(9)35(5)33(3)37(7)49(31)51)55(45-25-21-43(22-26-45)41-17-13-11-14-18-41,46-27-23-44(24-28-46)42-19-15-12-16-20-42)54-48(56-47)30-32(2)50-38(8)34(4)36(6)40(10)52(50)54/h11-30H,1-10H3. The van der Waals surface area contributed by atoms with Crippen molar-refractivity contribution in [3.63, 3.8) is 0 Å². The molecular weight excluding hydrogens is 677 g/mol. The fourth-order valence-electron chi connectivity index (χ4n) is 10.1. The predicted octanol–water partition coefficient (Wildman–Crippen LogP) is 14.9. The number of fused-ring (bicyclic) bond motifs is 6. The van der Waals surface area contributed by atoms with E-state index in [1.807, 2.05) is 0 Å². The summed E-state index contributed by atoms with van der Waals surface area (Å²) in [6.07, 6.45) is 0. The third kappa shape index (κ3) is 4.99. The number of ether oxygens (including phenoxy) is 1. The van der Waals surface area contributed by atoms with Crippen molar-refractivity contribution in [2.24, 2.45) is 0 Å². The molecule has 8 aromatic carbocycles. The summed E-state index contributed by atoms with van der Waals surface area (Å²) < 4.78 is 7.37.